The number of nitrogens with one attached hydrogen (secondary N) is 1. The summed E-state index contributed by atoms with van der Waals surface area (Å²) in [6.45, 7) is 5.57. The summed E-state index contributed by atoms with van der Waals surface area (Å²) in [5.74, 6) is 0.246. The van der Waals surface area contributed by atoms with Gasteiger partial charge in [0.05, 0.1) is 0 Å². The van der Waals surface area contributed by atoms with Crippen LogP contribution in [-0.2, 0) is 11.3 Å². The molecule has 2 aromatic carbocycles. The van der Waals surface area contributed by atoms with Crippen molar-refractivity contribution in [3.8, 4) is 5.75 Å². The van der Waals surface area contributed by atoms with E-state index in [0.717, 1.165) is 5.56 Å². The Labute approximate surface area is 166 Å². The molecule has 0 aliphatic heterocycles. The number of rotatable bonds is 8. The average Bonchev–Trinajstić information content (AvgIpc) is 2.67. The summed E-state index contributed by atoms with van der Waals surface area (Å²) in [4.78, 5) is 26.0. The monoisotopic (exact) mass is 391 g/mol. The molecule has 0 unspecified atom stereocenters. The summed E-state index contributed by atoms with van der Waals surface area (Å²) in [6.07, 6.45) is 0. The number of halogens is 1. The first-order chi connectivity index (χ1) is 12.6. The number of hydrogen-bond donors (Lipinski definition) is 2. The zero-order chi connectivity index (χ0) is 18.9. The maximum absolute atomic E-state index is 12.3. The van der Waals surface area contributed by atoms with Gasteiger partial charge in [-0.1, -0.05) is 18.2 Å². The number of carbonyl (C=O) groups is 2. The fourth-order valence-corrected chi connectivity index (χ4v) is 2.47. The molecule has 2 aromatic rings. The van der Waals surface area contributed by atoms with Crippen molar-refractivity contribution in [3.05, 3.63) is 59.7 Å². The molecule has 0 heterocycles. The van der Waals surface area contributed by atoms with Crippen LogP contribution in [0.25, 0.3) is 0 Å². The molecule has 0 aliphatic carbocycles. The Balaban J connectivity index is 0.00000364. The van der Waals surface area contributed by atoms with Gasteiger partial charge in [0.15, 0.2) is 6.61 Å². The predicted octanol–water partition coefficient (Wildman–Crippen LogP) is 3.07. The van der Waals surface area contributed by atoms with Crippen molar-refractivity contribution in [2.75, 3.05) is 25.0 Å². The van der Waals surface area contributed by atoms with Crippen LogP contribution < -0.4 is 15.8 Å². The van der Waals surface area contributed by atoms with E-state index < -0.39 is 0 Å². The quantitative estimate of drug-likeness (QED) is 0.724. The highest BCUT2D eigenvalue weighted by Crippen LogP contribution is 2.18. The fraction of sp³-hybridized carbons (Fsp3) is 0.300. The largest absolute Gasteiger partial charge is 0.484 e. The molecule has 0 radical (unpaired) electrons. The van der Waals surface area contributed by atoms with Crippen LogP contribution in [-0.4, -0.2) is 36.4 Å². The van der Waals surface area contributed by atoms with E-state index in [9.17, 15) is 9.59 Å². The maximum atomic E-state index is 12.3. The Morgan fingerprint density at radius 2 is 1.74 bits per heavy atom. The number of nitrogens with two attached hydrogens (primary N) is 1. The van der Waals surface area contributed by atoms with Gasteiger partial charge < -0.3 is 20.7 Å². The molecule has 0 saturated heterocycles. The Hall–Kier alpha value is -2.57. The summed E-state index contributed by atoms with van der Waals surface area (Å²) in [6, 6.07) is 14.1. The summed E-state index contributed by atoms with van der Waals surface area (Å²) in [5, 5.41) is 2.82. The summed E-state index contributed by atoms with van der Waals surface area (Å²) >= 11 is 0. The van der Waals surface area contributed by atoms with E-state index in [1.165, 1.54) is 0 Å². The summed E-state index contributed by atoms with van der Waals surface area (Å²) < 4.78 is 5.55. The molecule has 0 spiro atoms. The molecule has 0 saturated carbocycles. The van der Waals surface area contributed by atoms with Gasteiger partial charge in [0.25, 0.3) is 11.8 Å². The minimum absolute atomic E-state index is 0. The second-order valence-electron chi connectivity index (χ2n) is 5.74. The standard InChI is InChI=1S/C20H25N3O3.ClH/c1-3-23(4-2)19(24)14-26-18-7-5-6-17(12-18)22-20(25)16-10-8-15(13-21)9-11-16;/h5-12H,3-4,13-14,21H2,1-2H3,(H,22,25);1H. The summed E-state index contributed by atoms with van der Waals surface area (Å²) in [7, 11) is 0. The molecule has 27 heavy (non-hydrogen) atoms. The lowest BCUT2D eigenvalue weighted by atomic mass is 10.1. The van der Waals surface area contributed by atoms with Crippen molar-refractivity contribution in [2.24, 2.45) is 5.73 Å². The fourth-order valence-electron chi connectivity index (χ4n) is 2.47. The SMILES string of the molecule is CCN(CC)C(=O)COc1cccc(NC(=O)c2ccc(CN)cc2)c1.Cl. The molecule has 6 nitrogen and oxygen atoms in total. The van der Waals surface area contributed by atoms with Gasteiger partial charge in [0.2, 0.25) is 0 Å². The van der Waals surface area contributed by atoms with E-state index in [2.05, 4.69) is 5.32 Å². The topological polar surface area (TPSA) is 84.7 Å². The molecule has 146 valence electrons. The number of carbonyl (C=O) groups excluding carboxylic acids is 2. The van der Waals surface area contributed by atoms with E-state index in [4.69, 9.17) is 10.5 Å². The second-order valence-corrected chi connectivity index (χ2v) is 5.74. The van der Waals surface area contributed by atoms with Gasteiger partial charge in [-0.3, -0.25) is 9.59 Å². The lowest BCUT2D eigenvalue weighted by molar-refractivity contribution is -0.132. The van der Waals surface area contributed by atoms with Crippen molar-refractivity contribution >= 4 is 29.9 Å². The number of benzene rings is 2. The van der Waals surface area contributed by atoms with Crippen LogP contribution in [0.3, 0.4) is 0 Å². The van der Waals surface area contributed by atoms with Gasteiger partial charge in [0, 0.05) is 37.0 Å². The van der Waals surface area contributed by atoms with Crippen molar-refractivity contribution < 1.29 is 14.3 Å². The van der Waals surface area contributed by atoms with Crippen LogP contribution in [0.5, 0.6) is 5.75 Å². The van der Waals surface area contributed by atoms with Crippen LogP contribution in [0.1, 0.15) is 29.8 Å². The van der Waals surface area contributed by atoms with E-state index in [-0.39, 0.29) is 30.8 Å². The zero-order valence-electron chi connectivity index (χ0n) is 15.6. The highest BCUT2D eigenvalue weighted by molar-refractivity contribution is 6.04. The number of likely N-dealkylation sites (N-methyl/N-ethyl adjacent to an activating group) is 1. The zero-order valence-corrected chi connectivity index (χ0v) is 16.4. The third kappa shape index (κ3) is 6.58. The number of nitrogens with zero attached hydrogens (tertiary/aromatic N) is 1. The van der Waals surface area contributed by atoms with Crippen LogP contribution in [0.4, 0.5) is 5.69 Å². The van der Waals surface area contributed by atoms with Crippen molar-refractivity contribution in [1.82, 2.24) is 4.90 Å². The predicted molar refractivity (Wildman–Crippen MR) is 109 cm³/mol. The van der Waals surface area contributed by atoms with E-state index in [1.807, 2.05) is 26.0 Å². The first-order valence-electron chi connectivity index (χ1n) is 8.68. The molecule has 0 atom stereocenters. The van der Waals surface area contributed by atoms with Crippen LogP contribution in [0.15, 0.2) is 48.5 Å². The van der Waals surface area contributed by atoms with Gasteiger partial charge in [-0.2, -0.15) is 0 Å². The molecule has 2 amide bonds. The Morgan fingerprint density at radius 1 is 1.07 bits per heavy atom. The van der Waals surface area contributed by atoms with E-state index in [1.54, 1.807) is 41.3 Å². The van der Waals surface area contributed by atoms with Crippen molar-refractivity contribution in [2.45, 2.75) is 20.4 Å². The third-order valence-electron chi connectivity index (χ3n) is 4.02. The number of hydrogen-bond acceptors (Lipinski definition) is 4. The van der Waals surface area contributed by atoms with Crippen LogP contribution in [0, 0.1) is 0 Å². The van der Waals surface area contributed by atoms with Crippen LogP contribution in [0.2, 0.25) is 0 Å². The molecule has 0 aromatic heterocycles. The lowest BCUT2D eigenvalue weighted by Gasteiger charge is -2.18. The normalized spacial score (nSPS) is 9.89. The van der Waals surface area contributed by atoms with E-state index >= 15 is 0 Å². The molecule has 2 rings (SSSR count). The van der Waals surface area contributed by atoms with Crippen molar-refractivity contribution in [3.63, 3.8) is 0 Å². The lowest BCUT2D eigenvalue weighted by Crippen LogP contribution is -2.34. The minimum Gasteiger partial charge on any atom is -0.484 e. The molecule has 0 fully saturated rings. The number of ether oxygens (including phenoxy) is 1. The van der Waals surface area contributed by atoms with Gasteiger partial charge in [-0.05, 0) is 43.7 Å². The van der Waals surface area contributed by atoms with Gasteiger partial charge in [-0.25, -0.2) is 0 Å². The molecule has 0 aliphatic rings. The number of anilines is 1. The maximum Gasteiger partial charge on any atom is 0.260 e. The molecule has 0 bridgehead atoms. The van der Waals surface area contributed by atoms with Gasteiger partial charge in [0.1, 0.15) is 5.75 Å². The number of amides is 2. The van der Waals surface area contributed by atoms with Crippen LogP contribution >= 0.6 is 12.4 Å². The Kier molecular flexibility index (Phi) is 9.33. The summed E-state index contributed by atoms with van der Waals surface area (Å²) in [5.41, 5.74) is 7.68. The first-order valence-corrected chi connectivity index (χ1v) is 8.68. The highest BCUT2D eigenvalue weighted by atomic mass is 35.5. The van der Waals surface area contributed by atoms with Gasteiger partial charge >= 0.3 is 0 Å². The van der Waals surface area contributed by atoms with Gasteiger partial charge in [-0.15, -0.1) is 12.4 Å². The first kappa shape index (κ1) is 22.5. The Bertz CT molecular complexity index is 746. The van der Waals surface area contributed by atoms with Crippen molar-refractivity contribution in [1.29, 1.82) is 0 Å². The third-order valence-corrected chi connectivity index (χ3v) is 4.02. The molecular formula is C20H26ClN3O3. The second kappa shape index (κ2) is 11.2. The average molecular weight is 392 g/mol. The highest BCUT2D eigenvalue weighted by Gasteiger charge is 2.11. The minimum atomic E-state index is -0.218. The van der Waals surface area contributed by atoms with E-state index in [0.29, 0.717) is 36.6 Å². The molecular weight excluding hydrogens is 366 g/mol. The smallest absolute Gasteiger partial charge is 0.260 e. The molecule has 7 heteroatoms. The Morgan fingerprint density at radius 3 is 2.33 bits per heavy atom. The molecule has 3 N–H and O–H groups in total.